The molecule has 0 aliphatic rings. The third-order valence-corrected chi connectivity index (χ3v) is 2.81. The number of carbonyl (C=O) groups excluding carboxylic acids is 1. The fourth-order valence-electron chi connectivity index (χ4n) is 1.83. The molecular weight excluding hydrogens is 246 g/mol. The lowest BCUT2D eigenvalue weighted by molar-refractivity contribution is 0.103. The Morgan fingerprint density at radius 1 is 1.00 bits per heavy atom. The molecule has 1 aromatic carbocycles. The van der Waals surface area contributed by atoms with Crippen LogP contribution in [0.1, 0.15) is 15.9 Å². The van der Waals surface area contributed by atoms with E-state index in [1.54, 1.807) is 30.6 Å². The Hall–Kier alpha value is -2.43. The van der Waals surface area contributed by atoms with Gasteiger partial charge < -0.3 is 19.2 Å². The average molecular weight is 261 g/mol. The summed E-state index contributed by atoms with van der Waals surface area (Å²) in [7, 11) is 4.56. The van der Waals surface area contributed by atoms with Crippen LogP contribution in [0.25, 0.3) is 0 Å². The smallest absolute Gasteiger partial charge is 0.198 e. The second-order valence-corrected chi connectivity index (χ2v) is 3.84. The van der Waals surface area contributed by atoms with Gasteiger partial charge in [-0.05, 0) is 12.1 Å². The number of benzene rings is 1. The highest BCUT2D eigenvalue weighted by Crippen LogP contribution is 2.35. The van der Waals surface area contributed by atoms with Crippen LogP contribution in [0.4, 0.5) is 0 Å². The maximum absolute atomic E-state index is 12.4. The molecule has 0 radical (unpaired) electrons. The van der Waals surface area contributed by atoms with Gasteiger partial charge in [0.15, 0.2) is 17.3 Å². The Labute approximate surface area is 111 Å². The highest BCUT2D eigenvalue weighted by molar-refractivity contribution is 6.11. The zero-order valence-electron chi connectivity index (χ0n) is 11.0. The van der Waals surface area contributed by atoms with Gasteiger partial charge in [0.1, 0.15) is 5.75 Å². The minimum absolute atomic E-state index is 0.140. The molecule has 0 fully saturated rings. The van der Waals surface area contributed by atoms with Gasteiger partial charge in [0.2, 0.25) is 0 Å². The van der Waals surface area contributed by atoms with Crippen LogP contribution in [0.15, 0.2) is 30.6 Å². The predicted molar refractivity (Wildman–Crippen MR) is 70.3 cm³/mol. The third kappa shape index (κ3) is 2.40. The SMILES string of the molecule is COc1cc(OC)c(C(=O)c2cc[nH]c2)cc1OC. The average Bonchev–Trinajstić information content (AvgIpc) is 2.99. The number of carbonyl (C=O) groups is 1. The summed E-state index contributed by atoms with van der Waals surface area (Å²) in [5.41, 5.74) is 0.991. The molecule has 0 atom stereocenters. The highest BCUT2D eigenvalue weighted by Gasteiger charge is 2.19. The van der Waals surface area contributed by atoms with Gasteiger partial charge in [-0.1, -0.05) is 0 Å². The fraction of sp³-hybridized carbons (Fsp3) is 0.214. The highest BCUT2D eigenvalue weighted by atomic mass is 16.5. The molecule has 0 bridgehead atoms. The van der Waals surface area contributed by atoms with Crippen LogP contribution < -0.4 is 14.2 Å². The monoisotopic (exact) mass is 261 g/mol. The van der Waals surface area contributed by atoms with E-state index < -0.39 is 0 Å². The van der Waals surface area contributed by atoms with Gasteiger partial charge in [0, 0.05) is 24.0 Å². The molecule has 1 aromatic heterocycles. The summed E-state index contributed by atoms with van der Waals surface area (Å²) in [6.07, 6.45) is 3.33. The zero-order valence-corrected chi connectivity index (χ0v) is 11.0. The van der Waals surface area contributed by atoms with Crippen LogP contribution >= 0.6 is 0 Å². The standard InChI is InChI=1S/C14H15NO4/c1-17-11-7-13(19-3)12(18-2)6-10(11)14(16)9-4-5-15-8-9/h4-8,15H,1-3H3. The second-order valence-electron chi connectivity index (χ2n) is 3.84. The molecule has 0 saturated carbocycles. The number of H-pyrrole nitrogens is 1. The molecule has 0 amide bonds. The number of hydrogen-bond donors (Lipinski definition) is 1. The Bertz CT molecular complexity index is 575. The normalized spacial score (nSPS) is 10.1. The predicted octanol–water partition coefficient (Wildman–Crippen LogP) is 2.27. The first-order valence-electron chi connectivity index (χ1n) is 5.68. The van der Waals surface area contributed by atoms with E-state index in [0.717, 1.165) is 0 Å². The van der Waals surface area contributed by atoms with Crippen molar-refractivity contribution in [1.82, 2.24) is 4.98 Å². The second kappa shape index (κ2) is 5.48. The zero-order chi connectivity index (χ0) is 13.8. The van der Waals surface area contributed by atoms with Crippen molar-refractivity contribution in [3.8, 4) is 17.2 Å². The quantitative estimate of drug-likeness (QED) is 0.839. The number of nitrogens with one attached hydrogen (secondary N) is 1. The van der Waals surface area contributed by atoms with Crippen molar-refractivity contribution in [3.05, 3.63) is 41.7 Å². The van der Waals surface area contributed by atoms with Gasteiger partial charge in [-0.2, -0.15) is 0 Å². The molecule has 0 aliphatic carbocycles. The van der Waals surface area contributed by atoms with Crippen LogP contribution in [0.2, 0.25) is 0 Å². The summed E-state index contributed by atoms with van der Waals surface area (Å²) in [6, 6.07) is 4.96. The van der Waals surface area contributed by atoms with E-state index in [-0.39, 0.29) is 5.78 Å². The molecule has 5 nitrogen and oxygen atoms in total. The summed E-state index contributed by atoms with van der Waals surface area (Å²) in [6.45, 7) is 0. The van der Waals surface area contributed by atoms with E-state index >= 15 is 0 Å². The molecule has 1 N–H and O–H groups in total. The number of rotatable bonds is 5. The summed E-state index contributed by atoms with van der Waals surface area (Å²) < 4.78 is 15.6. The first-order chi connectivity index (χ1) is 9.21. The van der Waals surface area contributed by atoms with Crippen molar-refractivity contribution >= 4 is 5.78 Å². The van der Waals surface area contributed by atoms with Crippen LogP contribution in [-0.2, 0) is 0 Å². The van der Waals surface area contributed by atoms with Crippen LogP contribution in [0.3, 0.4) is 0 Å². The molecule has 0 saturated heterocycles. The summed E-state index contributed by atoms with van der Waals surface area (Å²) in [4.78, 5) is 15.2. The minimum atomic E-state index is -0.140. The van der Waals surface area contributed by atoms with Crippen LogP contribution in [0.5, 0.6) is 17.2 Å². The van der Waals surface area contributed by atoms with E-state index in [1.165, 1.54) is 21.3 Å². The molecule has 100 valence electrons. The molecule has 2 rings (SSSR count). The Balaban J connectivity index is 2.52. The Kier molecular flexibility index (Phi) is 3.75. The van der Waals surface area contributed by atoms with E-state index in [2.05, 4.69) is 4.98 Å². The number of methoxy groups -OCH3 is 3. The lowest BCUT2D eigenvalue weighted by Crippen LogP contribution is -2.04. The van der Waals surface area contributed by atoms with Gasteiger partial charge >= 0.3 is 0 Å². The van der Waals surface area contributed by atoms with Crippen molar-refractivity contribution in [3.63, 3.8) is 0 Å². The number of ketones is 1. The first kappa shape index (κ1) is 13.0. The van der Waals surface area contributed by atoms with Gasteiger partial charge in [0.05, 0.1) is 26.9 Å². The van der Waals surface area contributed by atoms with Crippen LogP contribution in [0, 0.1) is 0 Å². The van der Waals surface area contributed by atoms with Crippen molar-refractivity contribution in [1.29, 1.82) is 0 Å². The topological polar surface area (TPSA) is 60.5 Å². The number of hydrogen-bond acceptors (Lipinski definition) is 4. The summed E-state index contributed by atoms with van der Waals surface area (Å²) in [5.74, 6) is 1.31. The van der Waals surface area contributed by atoms with E-state index in [9.17, 15) is 4.79 Å². The van der Waals surface area contributed by atoms with Crippen molar-refractivity contribution in [2.24, 2.45) is 0 Å². The van der Waals surface area contributed by atoms with E-state index in [1.807, 2.05) is 0 Å². The van der Waals surface area contributed by atoms with Gasteiger partial charge in [0.25, 0.3) is 0 Å². The summed E-state index contributed by atoms with van der Waals surface area (Å²) in [5, 5.41) is 0. The number of ether oxygens (including phenoxy) is 3. The van der Waals surface area contributed by atoms with Crippen LogP contribution in [-0.4, -0.2) is 32.1 Å². The number of aromatic amines is 1. The lowest BCUT2D eigenvalue weighted by atomic mass is 10.0. The molecule has 0 unspecified atom stereocenters. The Morgan fingerprint density at radius 2 is 1.63 bits per heavy atom. The Morgan fingerprint density at radius 3 is 2.16 bits per heavy atom. The van der Waals surface area contributed by atoms with Gasteiger partial charge in [-0.3, -0.25) is 4.79 Å². The molecule has 5 heteroatoms. The number of aromatic nitrogens is 1. The summed E-state index contributed by atoms with van der Waals surface area (Å²) >= 11 is 0. The molecule has 19 heavy (non-hydrogen) atoms. The van der Waals surface area contributed by atoms with E-state index in [4.69, 9.17) is 14.2 Å². The molecule has 2 aromatic rings. The van der Waals surface area contributed by atoms with Gasteiger partial charge in [-0.25, -0.2) is 0 Å². The minimum Gasteiger partial charge on any atom is -0.496 e. The third-order valence-electron chi connectivity index (χ3n) is 2.81. The molecule has 1 heterocycles. The lowest BCUT2D eigenvalue weighted by Gasteiger charge is -2.13. The van der Waals surface area contributed by atoms with Crippen molar-refractivity contribution in [2.45, 2.75) is 0 Å². The van der Waals surface area contributed by atoms with Crippen molar-refractivity contribution < 1.29 is 19.0 Å². The molecule has 0 aliphatic heterocycles. The maximum Gasteiger partial charge on any atom is 0.198 e. The van der Waals surface area contributed by atoms with Crippen molar-refractivity contribution in [2.75, 3.05) is 21.3 Å². The molecule has 0 spiro atoms. The van der Waals surface area contributed by atoms with Gasteiger partial charge in [-0.15, -0.1) is 0 Å². The molecular formula is C14H15NO4. The first-order valence-corrected chi connectivity index (χ1v) is 5.68. The fourth-order valence-corrected chi connectivity index (χ4v) is 1.83. The van der Waals surface area contributed by atoms with E-state index in [0.29, 0.717) is 28.4 Å². The largest absolute Gasteiger partial charge is 0.496 e. The maximum atomic E-state index is 12.4.